The lowest BCUT2D eigenvalue weighted by atomic mass is 10.1. The first-order valence-corrected chi connectivity index (χ1v) is 9.78. The van der Waals surface area contributed by atoms with E-state index in [4.69, 9.17) is 4.74 Å². The van der Waals surface area contributed by atoms with Gasteiger partial charge in [0.15, 0.2) is 6.61 Å². The summed E-state index contributed by atoms with van der Waals surface area (Å²) in [4.78, 5) is 26.7. The van der Waals surface area contributed by atoms with Crippen LogP contribution in [-0.2, 0) is 16.1 Å². The summed E-state index contributed by atoms with van der Waals surface area (Å²) in [7, 11) is 0. The molecule has 2 aromatic carbocycles. The summed E-state index contributed by atoms with van der Waals surface area (Å²) in [6, 6.07) is 12.2. The largest absolute Gasteiger partial charge is 0.484 e. The van der Waals surface area contributed by atoms with E-state index >= 15 is 0 Å². The van der Waals surface area contributed by atoms with Crippen molar-refractivity contribution in [2.45, 2.75) is 39.4 Å². The highest BCUT2D eigenvalue weighted by Crippen LogP contribution is 2.17. The van der Waals surface area contributed by atoms with Crippen LogP contribution in [0.4, 0.5) is 4.39 Å². The van der Waals surface area contributed by atoms with E-state index in [2.05, 4.69) is 21.2 Å². The minimum absolute atomic E-state index is 0.0447. The Balaban J connectivity index is 2.12. The van der Waals surface area contributed by atoms with Crippen LogP contribution in [0, 0.1) is 5.82 Å². The number of halogens is 2. The second-order valence-electron chi connectivity index (χ2n) is 6.73. The summed E-state index contributed by atoms with van der Waals surface area (Å²) < 4.78 is 19.7. The average Bonchev–Trinajstić information content (AvgIpc) is 2.65. The molecule has 0 spiro atoms. The lowest BCUT2D eigenvalue weighted by Crippen LogP contribution is -2.50. The molecule has 5 nitrogen and oxygen atoms in total. The van der Waals surface area contributed by atoms with Gasteiger partial charge in [-0.05, 0) is 62.7 Å². The highest BCUT2D eigenvalue weighted by molar-refractivity contribution is 9.10. The fourth-order valence-electron chi connectivity index (χ4n) is 2.53. The lowest BCUT2D eigenvalue weighted by Gasteiger charge is -2.29. The van der Waals surface area contributed by atoms with Crippen molar-refractivity contribution in [1.82, 2.24) is 10.2 Å². The number of nitrogens with one attached hydrogen (secondary N) is 1. The van der Waals surface area contributed by atoms with Gasteiger partial charge < -0.3 is 15.0 Å². The first kappa shape index (κ1) is 21.9. The van der Waals surface area contributed by atoms with Crippen molar-refractivity contribution >= 4 is 27.7 Å². The molecule has 0 saturated carbocycles. The number of ether oxygens (including phenoxy) is 1. The molecular weight excluding hydrogens is 427 g/mol. The van der Waals surface area contributed by atoms with Crippen molar-refractivity contribution in [2.24, 2.45) is 0 Å². The second-order valence-corrected chi connectivity index (χ2v) is 7.65. The molecule has 0 heterocycles. The molecule has 0 aliphatic rings. The number of nitrogens with zero attached hydrogens (tertiary/aromatic N) is 1. The molecule has 1 atom stereocenters. The first-order valence-electron chi connectivity index (χ1n) is 8.99. The number of rotatable bonds is 8. The summed E-state index contributed by atoms with van der Waals surface area (Å²) in [6.45, 7) is 5.34. The van der Waals surface area contributed by atoms with E-state index in [1.54, 1.807) is 31.2 Å². The van der Waals surface area contributed by atoms with Gasteiger partial charge in [-0.15, -0.1) is 0 Å². The van der Waals surface area contributed by atoms with Crippen molar-refractivity contribution in [1.29, 1.82) is 0 Å². The Morgan fingerprint density at radius 1 is 1.07 bits per heavy atom. The minimum Gasteiger partial charge on any atom is -0.484 e. The van der Waals surface area contributed by atoms with Crippen molar-refractivity contribution in [3.05, 3.63) is 64.4 Å². The van der Waals surface area contributed by atoms with Gasteiger partial charge in [0.1, 0.15) is 17.6 Å². The van der Waals surface area contributed by atoms with E-state index in [-0.39, 0.29) is 36.8 Å². The molecule has 0 aliphatic carbocycles. The lowest BCUT2D eigenvalue weighted by molar-refractivity contribution is -0.142. The highest BCUT2D eigenvalue weighted by atomic mass is 79.9. The molecule has 1 N–H and O–H groups in total. The molecular formula is C21H24BrFN2O3. The Morgan fingerprint density at radius 2 is 1.68 bits per heavy atom. The van der Waals surface area contributed by atoms with E-state index in [1.807, 2.05) is 26.0 Å². The Labute approximate surface area is 173 Å². The molecule has 2 aromatic rings. The van der Waals surface area contributed by atoms with Gasteiger partial charge in [0.05, 0.1) is 0 Å². The van der Waals surface area contributed by atoms with Gasteiger partial charge >= 0.3 is 0 Å². The van der Waals surface area contributed by atoms with Gasteiger partial charge in [-0.3, -0.25) is 9.59 Å². The molecule has 0 fully saturated rings. The van der Waals surface area contributed by atoms with E-state index in [9.17, 15) is 14.0 Å². The van der Waals surface area contributed by atoms with Crippen molar-refractivity contribution in [3.8, 4) is 5.75 Å². The van der Waals surface area contributed by atoms with E-state index in [1.165, 1.54) is 17.0 Å². The molecule has 0 radical (unpaired) electrons. The van der Waals surface area contributed by atoms with Gasteiger partial charge in [0.25, 0.3) is 5.91 Å². The predicted molar refractivity (Wildman–Crippen MR) is 109 cm³/mol. The average molecular weight is 451 g/mol. The van der Waals surface area contributed by atoms with Crippen LogP contribution >= 0.6 is 15.9 Å². The van der Waals surface area contributed by atoms with Crippen molar-refractivity contribution in [2.75, 3.05) is 6.61 Å². The van der Waals surface area contributed by atoms with E-state index in [0.29, 0.717) is 5.75 Å². The van der Waals surface area contributed by atoms with Crippen LogP contribution in [0.5, 0.6) is 5.75 Å². The Kier molecular flexibility index (Phi) is 7.99. The Bertz CT molecular complexity index is 794. The summed E-state index contributed by atoms with van der Waals surface area (Å²) >= 11 is 3.34. The summed E-state index contributed by atoms with van der Waals surface area (Å²) in [5, 5.41) is 2.81. The SMILES string of the molecule is CC(C)NC(=O)C(C)N(Cc1ccc(F)cc1)C(=O)COc1ccc(Br)cc1. The normalized spacial score (nSPS) is 11.8. The molecule has 1 unspecified atom stereocenters. The molecule has 0 bridgehead atoms. The molecule has 0 aliphatic heterocycles. The van der Waals surface area contributed by atoms with Crippen LogP contribution in [0.2, 0.25) is 0 Å². The second kappa shape index (κ2) is 10.2. The monoisotopic (exact) mass is 450 g/mol. The van der Waals surface area contributed by atoms with Crippen LogP contribution < -0.4 is 10.1 Å². The molecule has 150 valence electrons. The summed E-state index contributed by atoms with van der Waals surface area (Å²) in [6.07, 6.45) is 0. The number of amides is 2. The number of benzene rings is 2. The smallest absolute Gasteiger partial charge is 0.261 e. The van der Waals surface area contributed by atoms with Gasteiger partial charge in [-0.2, -0.15) is 0 Å². The van der Waals surface area contributed by atoms with Gasteiger partial charge in [-0.1, -0.05) is 28.1 Å². The number of hydrogen-bond acceptors (Lipinski definition) is 3. The third-order valence-corrected chi connectivity index (χ3v) is 4.57. The maximum Gasteiger partial charge on any atom is 0.261 e. The van der Waals surface area contributed by atoms with Crippen LogP contribution in [-0.4, -0.2) is 35.4 Å². The molecule has 2 amide bonds. The van der Waals surface area contributed by atoms with E-state index < -0.39 is 6.04 Å². The number of hydrogen-bond donors (Lipinski definition) is 1. The fraction of sp³-hybridized carbons (Fsp3) is 0.333. The minimum atomic E-state index is -0.700. The van der Waals surface area contributed by atoms with Crippen LogP contribution in [0.25, 0.3) is 0 Å². The summed E-state index contributed by atoms with van der Waals surface area (Å²) in [5.41, 5.74) is 0.725. The van der Waals surface area contributed by atoms with Crippen LogP contribution in [0.15, 0.2) is 53.0 Å². The van der Waals surface area contributed by atoms with Crippen molar-refractivity contribution < 1.29 is 18.7 Å². The molecule has 7 heteroatoms. The molecule has 0 aromatic heterocycles. The maximum absolute atomic E-state index is 13.2. The van der Waals surface area contributed by atoms with E-state index in [0.717, 1.165) is 10.0 Å². The van der Waals surface area contributed by atoms with Gasteiger partial charge in [0, 0.05) is 17.1 Å². The Morgan fingerprint density at radius 3 is 2.25 bits per heavy atom. The number of carbonyl (C=O) groups excluding carboxylic acids is 2. The van der Waals surface area contributed by atoms with Gasteiger partial charge in [-0.25, -0.2) is 4.39 Å². The maximum atomic E-state index is 13.2. The zero-order valence-corrected chi connectivity index (χ0v) is 17.7. The van der Waals surface area contributed by atoms with Crippen LogP contribution in [0.3, 0.4) is 0 Å². The summed E-state index contributed by atoms with van der Waals surface area (Å²) in [5.74, 6) is -0.392. The van der Waals surface area contributed by atoms with Crippen molar-refractivity contribution in [3.63, 3.8) is 0 Å². The Hall–Kier alpha value is -2.41. The third kappa shape index (κ3) is 6.64. The standard InChI is InChI=1S/C21H24BrFN2O3/c1-14(2)24-21(27)15(3)25(12-16-4-8-18(23)9-5-16)20(26)13-28-19-10-6-17(22)7-11-19/h4-11,14-15H,12-13H2,1-3H3,(H,24,27). The third-order valence-electron chi connectivity index (χ3n) is 4.04. The molecule has 28 heavy (non-hydrogen) atoms. The predicted octanol–water partition coefficient (Wildman–Crippen LogP) is 3.91. The zero-order chi connectivity index (χ0) is 20.7. The van der Waals surface area contributed by atoms with Gasteiger partial charge in [0.2, 0.25) is 5.91 Å². The highest BCUT2D eigenvalue weighted by Gasteiger charge is 2.26. The van der Waals surface area contributed by atoms with Crippen LogP contribution in [0.1, 0.15) is 26.3 Å². The molecule has 0 saturated heterocycles. The topological polar surface area (TPSA) is 58.6 Å². The quantitative estimate of drug-likeness (QED) is 0.662. The fourth-order valence-corrected chi connectivity index (χ4v) is 2.80. The zero-order valence-electron chi connectivity index (χ0n) is 16.1. The number of carbonyl (C=O) groups is 2. The molecule has 2 rings (SSSR count). The first-order chi connectivity index (χ1) is 13.3.